The Bertz CT molecular complexity index is 421. The molecular formula is C13H11. The van der Waals surface area contributed by atoms with Gasteiger partial charge in [-0.25, -0.2) is 0 Å². The first-order chi connectivity index (χ1) is 6.42. The Kier molecular flexibility index (Phi) is 2.13. The molecule has 2 aromatic rings. The lowest BCUT2D eigenvalue weighted by Gasteiger charge is -2.02. The van der Waals surface area contributed by atoms with Crippen LogP contribution in [0.25, 0.3) is 10.8 Å². The molecular weight excluding hydrogens is 156 g/mol. The first-order valence-electron chi connectivity index (χ1n) is 4.40. The number of allylic oxidation sites excluding steroid dienone is 1. The molecule has 63 valence electrons. The monoisotopic (exact) mass is 167 g/mol. The highest BCUT2D eigenvalue weighted by Gasteiger charge is 1.96. The van der Waals surface area contributed by atoms with Gasteiger partial charge < -0.3 is 0 Å². The van der Waals surface area contributed by atoms with Crippen LogP contribution in [0.4, 0.5) is 0 Å². The maximum absolute atomic E-state index is 3.75. The average molecular weight is 167 g/mol. The molecule has 0 aliphatic rings. The molecule has 0 saturated carbocycles. The Morgan fingerprint density at radius 3 is 3.08 bits per heavy atom. The van der Waals surface area contributed by atoms with Gasteiger partial charge in [0, 0.05) is 0 Å². The standard InChI is InChI=1S/C13H11/c1-2-6-11-8-5-9-12-7-3-4-10-13(11)12/h2,4-5,7-10H,1,6H2. The summed E-state index contributed by atoms with van der Waals surface area (Å²) in [4.78, 5) is 0. The number of benzene rings is 2. The van der Waals surface area contributed by atoms with Gasteiger partial charge in [-0.05, 0) is 34.9 Å². The third-order valence-electron chi connectivity index (χ3n) is 2.18. The highest BCUT2D eigenvalue weighted by atomic mass is 14.0. The summed E-state index contributed by atoms with van der Waals surface area (Å²) in [5.41, 5.74) is 1.33. The van der Waals surface area contributed by atoms with E-state index in [1.807, 2.05) is 18.2 Å². The van der Waals surface area contributed by atoms with E-state index in [9.17, 15) is 0 Å². The molecule has 0 aromatic heterocycles. The molecule has 0 fully saturated rings. The second-order valence-electron chi connectivity index (χ2n) is 3.06. The summed E-state index contributed by atoms with van der Waals surface area (Å²) in [5.74, 6) is 0. The molecule has 0 aliphatic heterocycles. The van der Waals surface area contributed by atoms with E-state index in [1.54, 1.807) is 0 Å². The van der Waals surface area contributed by atoms with Crippen molar-refractivity contribution in [1.82, 2.24) is 0 Å². The maximum atomic E-state index is 3.75. The quantitative estimate of drug-likeness (QED) is 0.601. The molecule has 2 rings (SSSR count). The van der Waals surface area contributed by atoms with Gasteiger partial charge in [-0.15, -0.1) is 6.58 Å². The van der Waals surface area contributed by atoms with Gasteiger partial charge in [-0.1, -0.05) is 36.4 Å². The lowest BCUT2D eigenvalue weighted by atomic mass is 10.0. The smallest absolute Gasteiger partial charge is 0.00940 e. The maximum Gasteiger partial charge on any atom is -0.00940 e. The molecule has 0 heterocycles. The van der Waals surface area contributed by atoms with Crippen LogP contribution in [0.1, 0.15) is 5.56 Å². The van der Waals surface area contributed by atoms with Crippen LogP contribution in [0.5, 0.6) is 0 Å². The molecule has 0 atom stereocenters. The lowest BCUT2D eigenvalue weighted by Crippen LogP contribution is -1.82. The summed E-state index contributed by atoms with van der Waals surface area (Å²) < 4.78 is 0. The Hall–Kier alpha value is -1.56. The van der Waals surface area contributed by atoms with Crippen LogP contribution in [0.15, 0.2) is 49.1 Å². The normalized spacial score (nSPS) is 10.2. The minimum absolute atomic E-state index is 0.932. The van der Waals surface area contributed by atoms with Gasteiger partial charge >= 0.3 is 0 Å². The van der Waals surface area contributed by atoms with E-state index in [-0.39, 0.29) is 0 Å². The van der Waals surface area contributed by atoms with Crippen molar-refractivity contribution in [1.29, 1.82) is 0 Å². The van der Waals surface area contributed by atoms with Crippen molar-refractivity contribution in [2.24, 2.45) is 0 Å². The van der Waals surface area contributed by atoms with Crippen molar-refractivity contribution in [3.8, 4) is 0 Å². The third kappa shape index (κ3) is 1.48. The van der Waals surface area contributed by atoms with Crippen molar-refractivity contribution in [3.63, 3.8) is 0 Å². The van der Waals surface area contributed by atoms with Gasteiger partial charge in [0.1, 0.15) is 0 Å². The molecule has 0 aliphatic carbocycles. The Morgan fingerprint density at radius 1 is 1.31 bits per heavy atom. The molecule has 0 saturated heterocycles. The molecule has 0 nitrogen and oxygen atoms in total. The molecule has 13 heavy (non-hydrogen) atoms. The van der Waals surface area contributed by atoms with Gasteiger partial charge in [0.25, 0.3) is 0 Å². The van der Waals surface area contributed by atoms with Crippen LogP contribution < -0.4 is 0 Å². The molecule has 1 radical (unpaired) electrons. The zero-order chi connectivity index (χ0) is 9.10. The Morgan fingerprint density at radius 2 is 2.23 bits per heavy atom. The number of hydrogen-bond donors (Lipinski definition) is 0. The average Bonchev–Trinajstić information content (AvgIpc) is 2.19. The minimum Gasteiger partial charge on any atom is -0.103 e. The van der Waals surface area contributed by atoms with Gasteiger partial charge in [0.15, 0.2) is 0 Å². The first kappa shape index (κ1) is 8.06. The summed E-state index contributed by atoms with van der Waals surface area (Å²) >= 11 is 0. The molecule has 0 heteroatoms. The van der Waals surface area contributed by atoms with Crippen LogP contribution in [0, 0.1) is 6.07 Å². The number of rotatable bonds is 2. The van der Waals surface area contributed by atoms with Crippen molar-refractivity contribution in [2.45, 2.75) is 6.42 Å². The second-order valence-corrected chi connectivity index (χ2v) is 3.06. The predicted molar refractivity (Wildman–Crippen MR) is 56.7 cm³/mol. The van der Waals surface area contributed by atoms with E-state index < -0.39 is 0 Å². The van der Waals surface area contributed by atoms with Crippen LogP contribution in [-0.2, 0) is 6.42 Å². The lowest BCUT2D eigenvalue weighted by molar-refractivity contribution is 1.31. The fourth-order valence-electron chi connectivity index (χ4n) is 1.56. The summed E-state index contributed by atoms with van der Waals surface area (Å²) in [6.07, 6.45) is 2.87. The van der Waals surface area contributed by atoms with Crippen LogP contribution in [-0.4, -0.2) is 0 Å². The Balaban J connectivity index is 2.68. The molecule has 0 unspecified atom stereocenters. The molecule has 2 aromatic carbocycles. The van der Waals surface area contributed by atoms with Crippen LogP contribution in [0.2, 0.25) is 0 Å². The van der Waals surface area contributed by atoms with E-state index in [0.717, 1.165) is 6.42 Å². The summed E-state index contributed by atoms with van der Waals surface area (Å²) in [7, 11) is 0. The Labute approximate surface area is 78.5 Å². The van der Waals surface area contributed by atoms with Gasteiger partial charge in [-0.2, -0.15) is 0 Å². The van der Waals surface area contributed by atoms with E-state index >= 15 is 0 Å². The zero-order valence-electron chi connectivity index (χ0n) is 7.46. The van der Waals surface area contributed by atoms with E-state index in [0.29, 0.717) is 0 Å². The minimum atomic E-state index is 0.932. The summed E-state index contributed by atoms with van der Waals surface area (Å²) in [6.45, 7) is 3.75. The highest BCUT2D eigenvalue weighted by molar-refractivity contribution is 5.85. The van der Waals surface area contributed by atoms with Gasteiger partial charge in [-0.3, -0.25) is 0 Å². The number of hydrogen-bond acceptors (Lipinski definition) is 0. The summed E-state index contributed by atoms with van der Waals surface area (Å²) in [6, 6.07) is 15.5. The first-order valence-corrected chi connectivity index (χ1v) is 4.40. The van der Waals surface area contributed by atoms with Crippen molar-refractivity contribution >= 4 is 10.8 Å². The van der Waals surface area contributed by atoms with Crippen molar-refractivity contribution in [3.05, 3.63) is 60.7 Å². The van der Waals surface area contributed by atoms with E-state index in [4.69, 9.17) is 0 Å². The van der Waals surface area contributed by atoms with Crippen LogP contribution in [0.3, 0.4) is 0 Å². The van der Waals surface area contributed by atoms with Gasteiger partial charge in [0.2, 0.25) is 0 Å². The second kappa shape index (κ2) is 3.44. The molecule has 0 N–H and O–H groups in total. The highest BCUT2D eigenvalue weighted by Crippen LogP contribution is 2.18. The molecule has 0 bridgehead atoms. The number of fused-ring (bicyclic) bond motifs is 1. The predicted octanol–water partition coefficient (Wildman–Crippen LogP) is 3.37. The van der Waals surface area contributed by atoms with Crippen molar-refractivity contribution in [2.75, 3.05) is 0 Å². The molecule has 0 spiro atoms. The fourth-order valence-corrected chi connectivity index (χ4v) is 1.56. The fraction of sp³-hybridized carbons (Fsp3) is 0.0769. The topological polar surface area (TPSA) is 0 Å². The van der Waals surface area contributed by atoms with Crippen LogP contribution >= 0.6 is 0 Å². The SMILES string of the molecule is C=CCc1cccc2c[c]ccc12. The molecule has 0 amide bonds. The van der Waals surface area contributed by atoms with E-state index in [2.05, 4.69) is 36.9 Å². The third-order valence-corrected chi connectivity index (χ3v) is 2.18. The van der Waals surface area contributed by atoms with E-state index in [1.165, 1.54) is 16.3 Å². The zero-order valence-corrected chi connectivity index (χ0v) is 7.46. The van der Waals surface area contributed by atoms with Gasteiger partial charge in [0.05, 0.1) is 0 Å². The van der Waals surface area contributed by atoms with Crippen molar-refractivity contribution < 1.29 is 0 Å². The summed E-state index contributed by atoms with van der Waals surface area (Å²) in [5, 5.41) is 2.56. The largest absolute Gasteiger partial charge is 0.103 e.